The molecule has 0 radical (unpaired) electrons. The van der Waals surface area contributed by atoms with Crippen LogP contribution in [0.2, 0.25) is 0 Å². The summed E-state index contributed by atoms with van der Waals surface area (Å²) in [5.41, 5.74) is 0.429. The average molecular weight is 264 g/mol. The summed E-state index contributed by atoms with van der Waals surface area (Å²) in [7, 11) is 0. The summed E-state index contributed by atoms with van der Waals surface area (Å²) in [4.78, 5) is 16.6. The van der Waals surface area contributed by atoms with Crippen molar-refractivity contribution in [3.05, 3.63) is 17.5 Å². The lowest BCUT2D eigenvalue weighted by Gasteiger charge is -2.32. The SMILES string of the molecule is Cc1cc(C(=O)N2CCC(N3CCNCC3)C2)no1. The molecule has 2 aliphatic heterocycles. The number of nitrogens with one attached hydrogen (secondary N) is 1. The minimum absolute atomic E-state index is 0.00511. The normalized spacial score (nSPS) is 24.9. The molecule has 1 aromatic heterocycles. The lowest BCUT2D eigenvalue weighted by atomic mass is 10.2. The first kappa shape index (κ1) is 12.6. The Labute approximate surface area is 112 Å². The van der Waals surface area contributed by atoms with Crippen LogP contribution < -0.4 is 5.32 Å². The van der Waals surface area contributed by atoms with Gasteiger partial charge in [0.05, 0.1) is 0 Å². The first-order valence-electron chi connectivity index (χ1n) is 6.91. The highest BCUT2D eigenvalue weighted by Gasteiger charge is 2.32. The molecule has 1 unspecified atom stereocenters. The van der Waals surface area contributed by atoms with Crippen LogP contribution in [0, 0.1) is 6.92 Å². The monoisotopic (exact) mass is 264 g/mol. The van der Waals surface area contributed by atoms with Crippen molar-refractivity contribution in [1.29, 1.82) is 0 Å². The van der Waals surface area contributed by atoms with Crippen molar-refractivity contribution in [1.82, 2.24) is 20.3 Å². The van der Waals surface area contributed by atoms with E-state index in [4.69, 9.17) is 4.52 Å². The molecular weight excluding hydrogens is 244 g/mol. The van der Waals surface area contributed by atoms with Gasteiger partial charge in [0.2, 0.25) is 0 Å². The Morgan fingerprint density at radius 3 is 2.89 bits per heavy atom. The molecule has 6 nitrogen and oxygen atoms in total. The Hall–Kier alpha value is -1.40. The van der Waals surface area contributed by atoms with E-state index < -0.39 is 0 Å². The molecule has 2 fully saturated rings. The minimum atomic E-state index is -0.00511. The number of piperazine rings is 1. The summed E-state index contributed by atoms with van der Waals surface area (Å²) in [5.74, 6) is 0.677. The standard InChI is InChI=1S/C13H20N4O2/c1-10-8-12(15-19-10)13(18)17-5-2-11(9-17)16-6-3-14-4-7-16/h8,11,14H,2-7,9H2,1H3. The predicted molar refractivity (Wildman–Crippen MR) is 70.0 cm³/mol. The summed E-state index contributed by atoms with van der Waals surface area (Å²) in [6, 6.07) is 2.21. The maximum absolute atomic E-state index is 12.3. The van der Waals surface area contributed by atoms with Gasteiger partial charge in [0, 0.05) is 51.4 Å². The Morgan fingerprint density at radius 2 is 2.21 bits per heavy atom. The van der Waals surface area contributed by atoms with Crippen molar-refractivity contribution in [3.8, 4) is 0 Å². The van der Waals surface area contributed by atoms with Crippen molar-refractivity contribution in [2.45, 2.75) is 19.4 Å². The van der Waals surface area contributed by atoms with Crippen LogP contribution in [0.25, 0.3) is 0 Å². The quantitative estimate of drug-likeness (QED) is 0.821. The van der Waals surface area contributed by atoms with Crippen molar-refractivity contribution < 1.29 is 9.32 Å². The predicted octanol–water partition coefficient (Wildman–Crippen LogP) is 0.103. The number of hydrogen-bond donors (Lipinski definition) is 1. The summed E-state index contributed by atoms with van der Waals surface area (Å²) < 4.78 is 4.97. The zero-order valence-electron chi connectivity index (χ0n) is 11.3. The van der Waals surface area contributed by atoms with Gasteiger partial charge in [0.25, 0.3) is 5.91 Å². The lowest BCUT2D eigenvalue weighted by molar-refractivity contribution is 0.0763. The number of carbonyl (C=O) groups is 1. The molecule has 0 bridgehead atoms. The van der Waals surface area contributed by atoms with Crippen molar-refractivity contribution in [3.63, 3.8) is 0 Å². The molecule has 0 aromatic carbocycles. The molecule has 1 aromatic rings. The number of hydrogen-bond acceptors (Lipinski definition) is 5. The fraction of sp³-hybridized carbons (Fsp3) is 0.692. The van der Waals surface area contributed by atoms with E-state index >= 15 is 0 Å². The molecule has 2 aliphatic rings. The Kier molecular flexibility index (Phi) is 3.52. The third-order valence-corrected chi connectivity index (χ3v) is 3.97. The molecule has 3 heterocycles. The fourth-order valence-electron chi connectivity index (χ4n) is 2.90. The molecule has 1 amide bonds. The topological polar surface area (TPSA) is 61.6 Å². The number of rotatable bonds is 2. The third kappa shape index (κ3) is 2.64. The Bertz CT molecular complexity index is 453. The molecule has 0 aliphatic carbocycles. The Balaban J connectivity index is 1.60. The zero-order valence-corrected chi connectivity index (χ0v) is 11.3. The second kappa shape index (κ2) is 5.30. The van der Waals surface area contributed by atoms with Gasteiger partial charge < -0.3 is 14.7 Å². The first-order chi connectivity index (χ1) is 9.24. The van der Waals surface area contributed by atoms with Crippen molar-refractivity contribution in [2.24, 2.45) is 0 Å². The summed E-state index contributed by atoms with van der Waals surface area (Å²) >= 11 is 0. The summed E-state index contributed by atoms with van der Waals surface area (Å²) in [5, 5.41) is 7.16. The molecule has 19 heavy (non-hydrogen) atoms. The maximum atomic E-state index is 12.3. The van der Waals surface area contributed by atoms with E-state index in [0.29, 0.717) is 17.5 Å². The largest absolute Gasteiger partial charge is 0.361 e. The number of aromatic nitrogens is 1. The molecule has 1 atom stereocenters. The highest BCUT2D eigenvalue weighted by atomic mass is 16.5. The zero-order chi connectivity index (χ0) is 13.2. The smallest absolute Gasteiger partial charge is 0.276 e. The lowest BCUT2D eigenvalue weighted by Crippen LogP contribution is -2.49. The van der Waals surface area contributed by atoms with Gasteiger partial charge in [0.1, 0.15) is 5.76 Å². The van der Waals surface area contributed by atoms with Gasteiger partial charge in [0.15, 0.2) is 5.69 Å². The van der Waals surface area contributed by atoms with Crippen LogP contribution in [0.5, 0.6) is 0 Å². The van der Waals surface area contributed by atoms with Crippen LogP contribution in [0.4, 0.5) is 0 Å². The number of aryl methyl sites for hydroxylation is 1. The van der Waals surface area contributed by atoms with E-state index in [1.165, 1.54) is 0 Å². The van der Waals surface area contributed by atoms with Gasteiger partial charge in [-0.3, -0.25) is 9.69 Å². The molecule has 3 rings (SSSR count). The van der Waals surface area contributed by atoms with E-state index in [-0.39, 0.29) is 5.91 Å². The highest BCUT2D eigenvalue weighted by Crippen LogP contribution is 2.18. The van der Waals surface area contributed by atoms with E-state index in [1.807, 2.05) is 4.90 Å². The van der Waals surface area contributed by atoms with Crippen LogP contribution in [-0.4, -0.2) is 66.2 Å². The molecule has 104 valence electrons. The second-order valence-corrected chi connectivity index (χ2v) is 5.30. The van der Waals surface area contributed by atoms with Crippen LogP contribution in [0.15, 0.2) is 10.6 Å². The molecule has 0 saturated carbocycles. The van der Waals surface area contributed by atoms with Crippen molar-refractivity contribution in [2.75, 3.05) is 39.3 Å². The second-order valence-electron chi connectivity index (χ2n) is 5.30. The molecule has 2 saturated heterocycles. The average Bonchev–Trinajstić information content (AvgIpc) is 3.08. The number of carbonyl (C=O) groups excluding carboxylic acids is 1. The highest BCUT2D eigenvalue weighted by molar-refractivity contribution is 5.92. The number of likely N-dealkylation sites (tertiary alicyclic amines) is 1. The fourth-order valence-corrected chi connectivity index (χ4v) is 2.90. The first-order valence-corrected chi connectivity index (χ1v) is 6.91. The van der Waals surface area contributed by atoms with E-state index in [0.717, 1.165) is 45.7 Å². The van der Waals surface area contributed by atoms with Crippen LogP contribution in [-0.2, 0) is 0 Å². The van der Waals surface area contributed by atoms with Crippen LogP contribution in [0.3, 0.4) is 0 Å². The van der Waals surface area contributed by atoms with E-state index in [9.17, 15) is 4.79 Å². The van der Waals surface area contributed by atoms with E-state index in [1.54, 1.807) is 13.0 Å². The molecule has 1 N–H and O–H groups in total. The number of amides is 1. The minimum Gasteiger partial charge on any atom is -0.361 e. The Morgan fingerprint density at radius 1 is 1.42 bits per heavy atom. The van der Waals surface area contributed by atoms with Gasteiger partial charge >= 0.3 is 0 Å². The molecular formula is C13H20N4O2. The van der Waals surface area contributed by atoms with E-state index in [2.05, 4.69) is 15.4 Å². The molecule has 0 spiro atoms. The third-order valence-electron chi connectivity index (χ3n) is 3.97. The number of nitrogens with zero attached hydrogens (tertiary/aromatic N) is 3. The van der Waals surface area contributed by atoms with Gasteiger partial charge in [-0.25, -0.2) is 0 Å². The van der Waals surface area contributed by atoms with Gasteiger partial charge in [-0.1, -0.05) is 5.16 Å². The van der Waals surface area contributed by atoms with Crippen molar-refractivity contribution >= 4 is 5.91 Å². The van der Waals surface area contributed by atoms with Crippen LogP contribution in [0.1, 0.15) is 22.7 Å². The van der Waals surface area contributed by atoms with Gasteiger partial charge in [-0.2, -0.15) is 0 Å². The maximum Gasteiger partial charge on any atom is 0.276 e. The van der Waals surface area contributed by atoms with Gasteiger partial charge in [-0.15, -0.1) is 0 Å². The van der Waals surface area contributed by atoms with Crippen LogP contribution >= 0.6 is 0 Å². The molecule has 6 heteroatoms. The summed E-state index contributed by atoms with van der Waals surface area (Å²) in [6.07, 6.45) is 1.06. The summed E-state index contributed by atoms with van der Waals surface area (Å²) in [6.45, 7) is 7.69. The van der Waals surface area contributed by atoms with Gasteiger partial charge in [-0.05, 0) is 13.3 Å².